The van der Waals surface area contributed by atoms with Gasteiger partial charge in [0, 0.05) is 26.3 Å². The smallest absolute Gasteiger partial charge is 0.415 e. The van der Waals surface area contributed by atoms with Gasteiger partial charge in [-0.1, -0.05) is 11.6 Å². The number of anilines is 1. The molecule has 2 atom stereocenters. The maximum absolute atomic E-state index is 12.9. The average Bonchev–Trinajstić information content (AvgIpc) is 3.09. The van der Waals surface area contributed by atoms with Crippen LogP contribution in [0.25, 0.3) is 5.65 Å². The van der Waals surface area contributed by atoms with Crippen molar-refractivity contribution in [2.75, 3.05) is 19.1 Å². The highest BCUT2D eigenvalue weighted by molar-refractivity contribution is 6.30. The third-order valence-electron chi connectivity index (χ3n) is 4.97. The molecule has 0 saturated heterocycles. The van der Waals surface area contributed by atoms with Crippen molar-refractivity contribution in [1.29, 1.82) is 0 Å². The molecule has 30 heavy (non-hydrogen) atoms. The van der Waals surface area contributed by atoms with Crippen LogP contribution < -0.4 is 10.2 Å². The molecular formula is C20H28ClN5O4. The average molecular weight is 438 g/mol. The number of amides is 2. The van der Waals surface area contributed by atoms with Gasteiger partial charge in [-0.05, 0) is 46.5 Å². The molecule has 3 rings (SSSR count). The number of fused-ring (bicyclic) bond motifs is 1. The highest BCUT2D eigenvalue weighted by atomic mass is 35.5. The van der Waals surface area contributed by atoms with Crippen LogP contribution in [0.4, 0.5) is 10.6 Å². The fraction of sp³-hybridized carbons (Fsp3) is 0.600. The van der Waals surface area contributed by atoms with Gasteiger partial charge in [-0.3, -0.25) is 9.69 Å². The first-order valence-electron chi connectivity index (χ1n) is 9.93. The van der Waals surface area contributed by atoms with Crippen LogP contribution in [0.15, 0.2) is 12.3 Å². The molecule has 0 aromatic carbocycles. The Kier molecular flexibility index (Phi) is 6.52. The van der Waals surface area contributed by atoms with Crippen molar-refractivity contribution >= 4 is 35.1 Å². The molecule has 1 fully saturated rings. The van der Waals surface area contributed by atoms with Gasteiger partial charge in [-0.15, -0.1) is 0 Å². The largest absolute Gasteiger partial charge is 0.443 e. The number of halogens is 1. The predicted octanol–water partition coefficient (Wildman–Crippen LogP) is 3.44. The molecule has 1 aliphatic carbocycles. The van der Waals surface area contributed by atoms with Crippen molar-refractivity contribution < 1.29 is 19.1 Å². The lowest BCUT2D eigenvalue weighted by molar-refractivity contribution is 0.0561. The fourth-order valence-electron chi connectivity index (χ4n) is 3.49. The number of aromatic nitrogens is 3. The first-order chi connectivity index (χ1) is 14.1. The molecule has 2 aromatic heterocycles. The van der Waals surface area contributed by atoms with E-state index in [1.807, 2.05) is 0 Å². The SMILES string of the molecule is CO[C@H]1CCCC(NC(=O)c2cnn3c(N(C)C(=O)OC(C)(C)C)cc(Cl)nc23)C1. The van der Waals surface area contributed by atoms with Gasteiger partial charge < -0.3 is 14.8 Å². The van der Waals surface area contributed by atoms with Crippen molar-refractivity contribution in [3.8, 4) is 0 Å². The van der Waals surface area contributed by atoms with E-state index < -0.39 is 11.7 Å². The van der Waals surface area contributed by atoms with Gasteiger partial charge in [-0.25, -0.2) is 9.78 Å². The lowest BCUT2D eigenvalue weighted by Gasteiger charge is -2.28. The summed E-state index contributed by atoms with van der Waals surface area (Å²) < 4.78 is 12.2. The molecule has 1 aliphatic rings. The van der Waals surface area contributed by atoms with Crippen LogP contribution in [0.3, 0.4) is 0 Å². The van der Waals surface area contributed by atoms with E-state index in [0.717, 1.165) is 25.7 Å². The number of carbonyl (C=O) groups is 2. The summed E-state index contributed by atoms with van der Waals surface area (Å²) in [4.78, 5) is 30.9. The van der Waals surface area contributed by atoms with Gasteiger partial charge in [0.2, 0.25) is 0 Å². The quantitative estimate of drug-likeness (QED) is 0.735. The second-order valence-electron chi connectivity index (χ2n) is 8.46. The summed E-state index contributed by atoms with van der Waals surface area (Å²) in [5.74, 6) is 0.0582. The van der Waals surface area contributed by atoms with E-state index >= 15 is 0 Å². The van der Waals surface area contributed by atoms with Crippen molar-refractivity contribution in [1.82, 2.24) is 19.9 Å². The van der Waals surface area contributed by atoms with E-state index in [-0.39, 0.29) is 34.4 Å². The number of methoxy groups -OCH3 is 1. The van der Waals surface area contributed by atoms with E-state index in [2.05, 4.69) is 15.4 Å². The monoisotopic (exact) mass is 437 g/mol. The van der Waals surface area contributed by atoms with E-state index in [1.54, 1.807) is 34.9 Å². The second kappa shape index (κ2) is 8.77. The van der Waals surface area contributed by atoms with Crippen LogP contribution in [-0.4, -0.2) is 58.5 Å². The molecule has 0 radical (unpaired) electrons. The predicted molar refractivity (Wildman–Crippen MR) is 113 cm³/mol. The highest BCUT2D eigenvalue weighted by Crippen LogP contribution is 2.24. The van der Waals surface area contributed by atoms with Crippen molar-refractivity contribution in [3.63, 3.8) is 0 Å². The zero-order valence-electron chi connectivity index (χ0n) is 17.9. The van der Waals surface area contributed by atoms with Gasteiger partial charge in [0.05, 0.1) is 12.3 Å². The van der Waals surface area contributed by atoms with Gasteiger partial charge in [-0.2, -0.15) is 9.61 Å². The molecular weight excluding hydrogens is 410 g/mol. The van der Waals surface area contributed by atoms with Crippen LogP contribution in [0.5, 0.6) is 0 Å². The van der Waals surface area contributed by atoms with Crippen LogP contribution in [0, 0.1) is 0 Å². The zero-order chi connectivity index (χ0) is 22.1. The number of hydrogen-bond acceptors (Lipinski definition) is 6. The van der Waals surface area contributed by atoms with Crippen molar-refractivity contribution in [2.45, 2.75) is 64.2 Å². The van der Waals surface area contributed by atoms with Gasteiger partial charge in [0.15, 0.2) is 5.65 Å². The Balaban J connectivity index is 1.86. The minimum absolute atomic E-state index is 0.0224. The molecule has 1 saturated carbocycles. The maximum atomic E-state index is 12.9. The first kappa shape index (κ1) is 22.3. The summed E-state index contributed by atoms with van der Waals surface area (Å²) in [6, 6.07) is 1.52. The molecule has 2 aromatic rings. The molecule has 0 bridgehead atoms. The minimum Gasteiger partial charge on any atom is -0.443 e. The van der Waals surface area contributed by atoms with Gasteiger partial charge in [0.1, 0.15) is 22.1 Å². The Morgan fingerprint density at radius 1 is 1.33 bits per heavy atom. The Bertz CT molecular complexity index is 939. The molecule has 164 valence electrons. The molecule has 2 amide bonds. The van der Waals surface area contributed by atoms with Gasteiger partial charge >= 0.3 is 6.09 Å². The van der Waals surface area contributed by atoms with Crippen molar-refractivity contribution in [3.05, 3.63) is 23.0 Å². The zero-order valence-corrected chi connectivity index (χ0v) is 18.7. The number of ether oxygens (including phenoxy) is 2. The molecule has 1 N–H and O–H groups in total. The molecule has 10 heteroatoms. The van der Waals surface area contributed by atoms with E-state index in [9.17, 15) is 9.59 Å². The third-order valence-corrected chi connectivity index (χ3v) is 5.17. The highest BCUT2D eigenvalue weighted by Gasteiger charge is 2.27. The normalized spacial score (nSPS) is 19.5. The molecule has 2 heterocycles. The van der Waals surface area contributed by atoms with E-state index in [1.165, 1.54) is 21.7 Å². The van der Waals surface area contributed by atoms with Gasteiger partial charge in [0.25, 0.3) is 5.91 Å². The Morgan fingerprint density at radius 3 is 2.73 bits per heavy atom. The number of carbonyl (C=O) groups excluding carboxylic acids is 2. The lowest BCUT2D eigenvalue weighted by atomic mass is 9.92. The fourth-order valence-corrected chi connectivity index (χ4v) is 3.67. The van der Waals surface area contributed by atoms with E-state index in [4.69, 9.17) is 21.1 Å². The molecule has 1 unspecified atom stereocenters. The minimum atomic E-state index is -0.656. The third kappa shape index (κ3) is 5.02. The van der Waals surface area contributed by atoms with Crippen LogP contribution in [0.2, 0.25) is 5.15 Å². The summed E-state index contributed by atoms with van der Waals surface area (Å²) in [5.41, 5.74) is -0.100. The van der Waals surface area contributed by atoms with Crippen LogP contribution >= 0.6 is 11.6 Å². The second-order valence-corrected chi connectivity index (χ2v) is 8.85. The topological polar surface area (TPSA) is 98.1 Å². The standard InChI is InChI=1S/C20H28ClN5O4/c1-20(2,3)30-19(28)25(4)16-10-15(21)24-17-14(11-22-26(16)17)18(27)23-12-7-6-8-13(9-12)29-5/h10-13H,6-9H2,1-5H3,(H,23,27)/t12?,13-/m0/s1. The Hall–Kier alpha value is -2.39. The van der Waals surface area contributed by atoms with E-state index in [0.29, 0.717) is 5.82 Å². The summed E-state index contributed by atoms with van der Waals surface area (Å²) in [6.45, 7) is 5.34. The number of hydrogen-bond donors (Lipinski definition) is 1. The summed E-state index contributed by atoms with van der Waals surface area (Å²) in [5, 5.41) is 7.44. The maximum Gasteiger partial charge on any atom is 0.415 e. The lowest BCUT2D eigenvalue weighted by Crippen LogP contribution is -2.40. The van der Waals surface area contributed by atoms with Crippen LogP contribution in [-0.2, 0) is 9.47 Å². The van der Waals surface area contributed by atoms with Crippen LogP contribution in [0.1, 0.15) is 56.8 Å². The molecule has 9 nitrogen and oxygen atoms in total. The first-order valence-corrected chi connectivity index (χ1v) is 10.3. The summed E-state index contributed by atoms with van der Waals surface area (Å²) in [6.07, 6.45) is 4.66. The number of rotatable bonds is 4. The Labute approximate surface area is 180 Å². The van der Waals surface area contributed by atoms with Crippen molar-refractivity contribution in [2.24, 2.45) is 0 Å². The molecule has 0 spiro atoms. The summed E-state index contributed by atoms with van der Waals surface area (Å²) in [7, 11) is 3.24. The summed E-state index contributed by atoms with van der Waals surface area (Å²) >= 11 is 6.19. The number of nitrogens with zero attached hydrogens (tertiary/aromatic N) is 4. The molecule has 0 aliphatic heterocycles. The number of nitrogens with one attached hydrogen (secondary N) is 1. The Morgan fingerprint density at radius 2 is 2.07 bits per heavy atom.